The van der Waals surface area contributed by atoms with Gasteiger partial charge in [-0.05, 0) is 71.8 Å². The van der Waals surface area contributed by atoms with E-state index in [1.54, 1.807) is 42.5 Å². The van der Waals surface area contributed by atoms with Gasteiger partial charge in [0.2, 0.25) is 0 Å². The Hall–Kier alpha value is -3.40. The molecule has 4 nitrogen and oxygen atoms in total. The van der Waals surface area contributed by atoms with E-state index in [4.69, 9.17) is 9.47 Å². The molecule has 0 spiro atoms. The van der Waals surface area contributed by atoms with Crippen LogP contribution in [0.5, 0.6) is 11.5 Å². The summed E-state index contributed by atoms with van der Waals surface area (Å²) in [5.74, 6) is 0.0420. The summed E-state index contributed by atoms with van der Waals surface area (Å²) in [5.41, 5.74) is 3.85. The maximum absolute atomic E-state index is 12.8. The monoisotopic (exact) mass is 458 g/mol. The van der Waals surface area contributed by atoms with Gasteiger partial charge in [0.15, 0.2) is 0 Å². The van der Waals surface area contributed by atoms with Gasteiger partial charge in [0.1, 0.15) is 11.5 Å². The van der Waals surface area contributed by atoms with Gasteiger partial charge in [-0.2, -0.15) is 0 Å². The zero-order chi connectivity index (χ0) is 24.7. The van der Waals surface area contributed by atoms with E-state index in [0.717, 1.165) is 31.2 Å². The third kappa shape index (κ3) is 6.57. The van der Waals surface area contributed by atoms with Gasteiger partial charge in [-0.25, -0.2) is 9.59 Å². The Bertz CT molecular complexity index is 1120. The van der Waals surface area contributed by atoms with Crippen molar-refractivity contribution >= 4 is 11.9 Å². The Balaban J connectivity index is 1.78. The fourth-order valence-electron chi connectivity index (χ4n) is 3.76. The molecule has 0 amide bonds. The van der Waals surface area contributed by atoms with E-state index >= 15 is 0 Å². The predicted molar refractivity (Wildman–Crippen MR) is 136 cm³/mol. The van der Waals surface area contributed by atoms with Crippen molar-refractivity contribution in [3.05, 3.63) is 94.5 Å². The molecule has 0 atom stereocenters. The molecule has 0 aliphatic rings. The molecule has 0 saturated heterocycles. The van der Waals surface area contributed by atoms with Crippen molar-refractivity contribution in [2.24, 2.45) is 0 Å². The fraction of sp³-hybridized carbons (Fsp3) is 0.333. The number of ether oxygens (including phenoxy) is 2. The first-order chi connectivity index (χ1) is 16.2. The first-order valence-corrected chi connectivity index (χ1v) is 12.0. The predicted octanol–water partition coefficient (Wildman–Crippen LogP) is 7.33. The molecule has 0 aliphatic carbocycles. The minimum absolute atomic E-state index is 0.329. The van der Waals surface area contributed by atoms with Crippen LogP contribution < -0.4 is 9.47 Å². The van der Waals surface area contributed by atoms with E-state index in [1.165, 1.54) is 11.1 Å². The molecule has 3 aromatic rings. The summed E-state index contributed by atoms with van der Waals surface area (Å²) < 4.78 is 11.4. The topological polar surface area (TPSA) is 52.6 Å². The first kappa shape index (κ1) is 25.2. The molecular formula is C30H34O4. The lowest BCUT2D eigenvalue weighted by Gasteiger charge is -2.23. The number of esters is 2. The third-order valence-electron chi connectivity index (χ3n) is 5.63. The summed E-state index contributed by atoms with van der Waals surface area (Å²) in [6, 6.07) is 20.1. The number of carbonyl (C=O) groups is 2. The number of hydrogen-bond acceptors (Lipinski definition) is 4. The van der Waals surface area contributed by atoms with Gasteiger partial charge in [-0.3, -0.25) is 0 Å². The van der Waals surface area contributed by atoms with Crippen LogP contribution in [0.15, 0.2) is 66.7 Å². The Morgan fingerprint density at radius 1 is 0.676 bits per heavy atom. The van der Waals surface area contributed by atoms with Crippen LogP contribution in [0.25, 0.3) is 0 Å². The normalized spacial score (nSPS) is 11.2. The van der Waals surface area contributed by atoms with E-state index in [-0.39, 0.29) is 5.41 Å². The maximum Gasteiger partial charge on any atom is 0.343 e. The molecule has 0 heterocycles. The van der Waals surface area contributed by atoms with E-state index in [0.29, 0.717) is 22.6 Å². The molecule has 0 unspecified atom stereocenters. The van der Waals surface area contributed by atoms with Gasteiger partial charge in [-0.15, -0.1) is 0 Å². The zero-order valence-corrected chi connectivity index (χ0v) is 20.8. The molecule has 178 valence electrons. The highest BCUT2D eigenvalue weighted by Gasteiger charge is 2.23. The van der Waals surface area contributed by atoms with Gasteiger partial charge in [0.25, 0.3) is 0 Å². The average molecular weight is 459 g/mol. The Kier molecular flexibility index (Phi) is 8.27. The van der Waals surface area contributed by atoms with Crippen molar-refractivity contribution in [2.75, 3.05) is 0 Å². The smallest absolute Gasteiger partial charge is 0.343 e. The Morgan fingerprint density at radius 2 is 1.15 bits per heavy atom. The van der Waals surface area contributed by atoms with E-state index in [2.05, 4.69) is 13.8 Å². The molecule has 0 radical (unpaired) electrons. The van der Waals surface area contributed by atoms with Gasteiger partial charge in [-0.1, -0.05) is 71.7 Å². The van der Waals surface area contributed by atoms with Crippen LogP contribution in [0.1, 0.15) is 84.9 Å². The molecule has 4 heteroatoms. The third-order valence-corrected chi connectivity index (χ3v) is 5.63. The van der Waals surface area contributed by atoms with Gasteiger partial charge in [0.05, 0.1) is 11.1 Å². The summed E-state index contributed by atoms with van der Waals surface area (Å²) in [7, 11) is 0. The maximum atomic E-state index is 12.8. The summed E-state index contributed by atoms with van der Waals surface area (Å²) in [5, 5.41) is 0. The average Bonchev–Trinajstić information content (AvgIpc) is 2.80. The standard InChI is InChI=1S/C30H34O4/c1-6-8-21-10-14-23(15-11-21)28(31)33-25-18-19-27(26(20-25)30(3,4)5)34-29(32)24-16-12-22(9-7-2)13-17-24/h10-20H,6-9H2,1-5H3. The largest absolute Gasteiger partial charge is 0.423 e. The van der Waals surface area contributed by atoms with Crippen molar-refractivity contribution < 1.29 is 19.1 Å². The van der Waals surface area contributed by atoms with Gasteiger partial charge < -0.3 is 9.47 Å². The summed E-state index contributed by atoms with van der Waals surface area (Å²) >= 11 is 0. The van der Waals surface area contributed by atoms with Crippen molar-refractivity contribution in [1.82, 2.24) is 0 Å². The Morgan fingerprint density at radius 3 is 1.59 bits per heavy atom. The Labute approximate surface area is 202 Å². The van der Waals surface area contributed by atoms with E-state index in [9.17, 15) is 9.59 Å². The van der Waals surface area contributed by atoms with Gasteiger partial charge >= 0.3 is 11.9 Å². The first-order valence-electron chi connectivity index (χ1n) is 12.0. The van der Waals surface area contributed by atoms with Crippen LogP contribution in [-0.4, -0.2) is 11.9 Å². The van der Waals surface area contributed by atoms with E-state index < -0.39 is 11.9 Å². The molecule has 0 fully saturated rings. The molecule has 3 aromatic carbocycles. The molecule has 34 heavy (non-hydrogen) atoms. The van der Waals surface area contributed by atoms with Gasteiger partial charge in [0, 0.05) is 5.56 Å². The number of hydrogen-bond donors (Lipinski definition) is 0. The lowest BCUT2D eigenvalue weighted by Crippen LogP contribution is -2.17. The number of benzene rings is 3. The number of carbonyl (C=O) groups excluding carboxylic acids is 2. The van der Waals surface area contributed by atoms with Crippen molar-refractivity contribution in [2.45, 2.75) is 65.7 Å². The minimum Gasteiger partial charge on any atom is -0.423 e. The highest BCUT2D eigenvalue weighted by molar-refractivity contribution is 5.92. The summed E-state index contributed by atoms with van der Waals surface area (Å²) in [6.07, 6.45) is 4.07. The van der Waals surface area contributed by atoms with Crippen LogP contribution >= 0.6 is 0 Å². The second-order valence-corrected chi connectivity index (χ2v) is 9.58. The second-order valence-electron chi connectivity index (χ2n) is 9.58. The molecule has 3 rings (SSSR count). The molecule has 0 aromatic heterocycles. The minimum atomic E-state index is -0.417. The number of aryl methyl sites for hydroxylation is 2. The molecule has 0 bridgehead atoms. The SMILES string of the molecule is CCCc1ccc(C(=O)Oc2ccc(OC(=O)c3ccc(CCC)cc3)c(C(C)(C)C)c2)cc1. The fourth-order valence-corrected chi connectivity index (χ4v) is 3.76. The highest BCUT2D eigenvalue weighted by Crippen LogP contribution is 2.35. The molecular weight excluding hydrogens is 424 g/mol. The lowest BCUT2D eigenvalue weighted by atomic mass is 9.86. The summed E-state index contributed by atoms with van der Waals surface area (Å²) in [4.78, 5) is 25.4. The molecule has 0 N–H and O–H groups in total. The second kappa shape index (κ2) is 11.1. The quantitative estimate of drug-likeness (QED) is 0.262. The van der Waals surface area contributed by atoms with Crippen LogP contribution in [0.2, 0.25) is 0 Å². The van der Waals surface area contributed by atoms with Crippen molar-refractivity contribution in [3.63, 3.8) is 0 Å². The molecule has 0 aliphatic heterocycles. The van der Waals surface area contributed by atoms with Crippen LogP contribution in [0, 0.1) is 0 Å². The zero-order valence-electron chi connectivity index (χ0n) is 20.8. The van der Waals surface area contributed by atoms with E-state index in [1.807, 2.05) is 45.0 Å². The summed E-state index contributed by atoms with van der Waals surface area (Å²) in [6.45, 7) is 10.3. The number of rotatable bonds is 8. The van der Waals surface area contributed by atoms with Crippen LogP contribution in [0.3, 0.4) is 0 Å². The van der Waals surface area contributed by atoms with Crippen molar-refractivity contribution in [1.29, 1.82) is 0 Å². The lowest BCUT2D eigenvalue weighted by molar-refractivity contribution is 0.0716. The molecule has 0 saturated carbocycles. The highest BCUT2D eigenvalue weighted by atomic mass is 16.5. The van der Waals surface area contributed by atoms with Crippen LogP contribution in [-0.2, 0) is 18.3 Å². The van der Waals surface area contributed by atoms with Crippen LogP contribution in [0.4, 0.5) is 0 Å². The van der Waals surface area contributed by atoms with Crippen molar-refractivity contribution in [3.8, 4) is 11.5 Å².